The van der Waals surface area contributed by atoms with Crippen LogP contribution >= 0.6 is 0 Å². The number of hydrogen-bond acceptors (Lipinski definition) is 5. The van der Waals surface area contributed by atoms with Gasteiger partial charge in [-0.2, -0.15) is 0 Å². The van der Waals surface area contributed by atoms with Crippen molar-refractivity contribution in [3.63, 3.8) is 0 Å². The van der Waals surface area contributed by atoms with Crippen molar-refractivity contribution in [3.8, 4) is 0 Å². The Hall–Kier alpha value is -4.76. The summed E-state index contributed by atoms with van der Waals surface area (Å²) < 4.78 is 28.1. The van der Waals surface area contributed by atoms with Crippen LogP contribution in [0.5, 0.6) is 0 Å². The summed E-state index contributed by atoms with van der Waals surface area (Å²) in [7, 11) is -3.81. The van der Waals surface area contributed by atoms with Gasteiger partial charge in [-0.05, 0) is 78.2 Å². The Balaban J connectivity index is 1.56. The molecule has 9 heteroatoms. The van der Waals surface area contributed by atoms with E-state index in [2.05, 4.69) is 10.0 Å². The van der Waals surface area contributed by atoms with E-state index in [1.165, 1.54) is 36.4 Å². The van der Waals surface area contributed by atoms with Gasteiger partial charge in [-0.25, -0.2) is 8.42 Å². The van der Waals surface area contributed by atoms with Crippen LogP contribution in [-0.4, -0.2) is 19.2 Å². The van der Waals surface area contributed by atoms with E-state index in [1.807, 2.05) is 19.1 Å². The Morgan fingerprint density at radius 2 is 1.51 bits per heavy atom. The van der Waals surface area contributed by atoms with E-state index in [1.54, 1.807) is 60.7 Å². The van der Waals surface area contributed by atoms with Gasteiger partial charge >= 0.3 is 0 Å². The van der Waals surface area contributed by atoms with Gasteiger partial charge in [0.05, 0.1) is 9.82 Å². The molecule has 0 aliphatic rings. The van der Waals surface area contributed by atoms with Crippen LogP contribution in [0, 0.1) is 17.0 Å². The topological polar surface area (TPSA) is 118 Å². The summed E-state index contributed by atoms with van der Waals surface area (Å²) in [5.74, 6) is -0.418. The maximum absolute atomic E-state index is 13.2. The Morgan fingerprint density at radius 1 is 0.838 bits per heavy atom. The number of hydrogen-bond donors (Lipinski definition) is 2. The minimum atomic E-state index is -3.81. The molecule has 0 saturated heterocycles. The highest BCUT2D eigenvalue weighted by Gasteiger charge is 2.16. The molecule has 186 valence electrons. The lowest BCUT2D eigenvalue weighted by Gasteiger charge is -2.12. The maximum atomic E-state index is 13.2. The van der Waals surface area contributed by atoms with Crippen molar-refractivity contribution in [2.45, 2.75) is 11.8 Å². The third-order valence-electron chi connectivity index (χ3n) is 5.44. The molecule has 37 heavy (non-hydrogen) atoms. The van der Waals surface area contributed by atoms with E-state index >= 15 is 0 Å². The third kappa shape index (κ3) is 6.47. The van der Waals surface area contributed by atoms with Crippen molar-refractivity contribution in [2.75, 3.05) is 10.0 Å². The summed E-state index contributed by atoms with van der Waals surface area (Å²) in [6.45, 7) is 1.87. The first kappa shape index (κ1) is 25.3. The van der Waals surface area contributed by atoms with Crippen LogP contribution in [0.25, 0.3) is 11.6 Å². The molecule has 4 aromatic rings. The molecule has 4 rings (SSSR count). The van der Waals surface area contributed by atoms with E-state index in [9.17, 15) is 23.3 Å². The SMILES string of the molecule is Cc1cccc(NS(=O)(=O)c2ccc(NC(=O)/C(=C/c3ccc([N+](=O)[O-])cc3)c3ccccc3)cc2)c1. The normalized spacial score (nSPS) is 11.5. The Kier molecular flexibility index (Phi) is 7.45. The number of nitro groups is 1. The number of non-ortho nitro benzene ring substituents is 1. The molecule has 0 aromatic heterocycles. The van der Waals surface area contributed by atoms with Crippen molar-refractivity contribution in [1.82, 2.24) is 0 Å². The summed E-state index contributed by atoms with van der Waals surface area (Å²) in [5, 5.41) is 13.7. The third-order valence-corrected chi connectivity index (χ3v) is 6.83. The average molecular weight is 514 g/mol. The molecule has 8 nitrogen and oxygen atoms in total. The molecule has 0 radical (unpaired) electrons. The highest BCUT2D eigenvalue weighted by atomic mass is 32.2. The number of nitro benzene ring substituents is 1. The fourth-order valence-electron chi connectivity index (χ4n) is 3.60. The molecule has 0 bridgehead atoms. The molecule has 0 unspecified atom stereocenters. The lowest BCUT2D eigenvalue weighted by atomic mass is 10.0. The number of nitrogens with zero attached hydrogens (tertiary/aromatic N) is 1. The number of amides is 1. The predicted octanol–water partition coefficient (Wildman–Crippen LogP) is 5.88. The van der Waals surface area contributed by atoms with Gasteiger partial charge in [0.1, 0.15) is 0 Å². The Morgan fingerprint density at radius 3 is 2.14 bits per heavy atom. The molecule has 0 spiro atoms. The summed E-state index contributed by atoms with van der Waals surface area (Å²) >= 11 is 0. The van der Waals surface area contributed by atoms with E-state index in [4.69, 9.17) is 0 Å². The summed E-state index contributed by atoms with van der Waals surface area (Å²) in [6, 6.07) is 27.7. The molecule has 0 atom stereocenters. The molecule has 2 N–H and O–H groups in total. The highest BCUT2D eigenvalue weighted by Crippen LogP contribution is 2.23. The second-order valence-corrected chi connectivity index (χ2v) is 9.91. The first-order valence-corrected chi connectivity index (χ1v) is 12.7. The predicted molar refractivity (Wildman–Crippen MR) is 144 cm³/mol. The van der Waals surface area contributed by atoms with Gasteiger partial charge in [0.2, 0.25) is 0 Å². The number of nitrogens with one attached hydrogen (secondary N) is 2. The van der Waals surface area contributed by atoms with Crippen molar-refractivity contribution < 1.29 is 18.1 Å². The van der Waals surface area contributed by atoms with Crippen molar-refractivity contribution in [1.29, 1.82) is 0 Å². The van der Waals surface area contributed by atoms with Crippen LogP contribution in [0.2, 0.25) is 0 Å². The fourth-order valence-corrected chi connectivity index (χ4v) is 4.64. The number of carbonyl (C=O) groups excluding carboxylic acids is 1. The van der Waals surface area contributed by atoms with E-state index in [0.717, 1.165) is 5.56 Å². The van der Waals surface area contributed by atoms with Crippen LogP contribution in [0.15, 0.2) is 108 Å². The quantitative estimate of drug-likeness (QED) is 0.132. The van der Waals surface area contributed by atoms with Gasteiger partial charge in [-0.1, -0.05) is 42.5 Å². The van der Waals surface area contributed by atoms with E-state index in [-0.39, 0.29) is 10.6 Å². The molecule has 1 amide bonds. The van der Waals surface area contributed by atoms with Gasteiger partial charge in [0.15, 0.2) is 0 Å². The summed E-state index contributed by atoms with van der Waals surface area (Å²) in [6.07, 6.45) is 1.64. The Bertz CT molecular complexity index is 1560. The molecule has 0 saturated carbocycles. The van der Waals surface area contributed by atoms with Crippen LogP contribution in [0.1, 0.15) is 16.7 Å². The molecule has 0 aliphatic heterocycles. The summed E-state index contributed by atoms with van der Waals surface area (Å²) in [4.78, 5) is 23.7. The number of carbonyl (C=O) groups is 1. The fraction of sp³-hybridized carbons (Fsp3) is 0.0357. The number of rotatable bonds is 8. The largest absolute Gasteiger partial charge is 0.322 e. The lowest BCUT2D eigenvalue weighted by Crippen LogP contribution is -2.15. The summed E-state index contributed by atoms with van der Waals surface area (Å²) in [5.41, 5.74) is 3.35. The van der Waals surface area contributed by atoms with Crippen LogP contribution in [-0.2, 0) is 14.8 Å². The minimum absolute atomic E-state index is 0.0465. The maximum Gasteiger partial charge on any atom is 0.269 e. The first-order chi connectivity index (χ1) is 17.7. The molecular formula is C28H23N3O5S. The molecule has 0 heterocycles. The zero-order chi connectivity index (χ0) is 26.4. The number of sulfonamides is 1. The second kappa shape index (κ2) is 10.9. The minimum Gasteiger partial charge on any atom is -0.322 e. The standard InChI is InChI=1S/C28H23N3O5S/c1-20-6-5-9-24(18-20)30-37(35,36)26-16-12-23(13-17-26)29-28(32)27(22-7-3-2-4-8-22)19-21-10-14-25(15-11-21)31(33)34/h2-19,30H,1H3,(H,29,32)/b27-19+. The zero-order valence-corrected chi connectivity index (χ0v) is 20.6. The van der Waals surface area contributed by atoms with Gasteiger partial charge in [-0.15, -0.1) is 0 Å². The van der Waals surface area contributed by atoms with Crippen molar-refractivity contribution in [3.05, 3.63) is 130 Å². The van der Waals surface area contributed by atoms with Gasteiger partial charge in [0, 0.05) is 29.1 Å². The number of benzene rings is 4. The van der Waals surface area contributed by atoms with Crippen molar-refractivity contribution in [2.24, 2.45) is 0 Å². The molecule has 0 fully saturated rings. The average Bonchev–Trinajstić information content (AvgIpc) is 2.88. The van der Waals surface area contributed by atoms with E-state index < -0.39 is 20.9 Å². The van der Waals surface area contributed by atoms with Crippen LogP contribution in [0.3, 0.4) is 0 Å². The second-order valence-electron chi connectivity index (χ2n) is 8.23. The van der Waals surface area contributed by atoms with Crippen molar-refractivity contribution >= 4 is 44.6 Å². The van der Waals surface area contributed by atoms with Gasteiger partial charge in [0.25, 0.3) is 21.6 Å². The Labute approximate surface area is 214 Å². The highest BCUT2D eigenvalue weighted by molar-refractivity contribution is 7.92. The molecule has 4 aromatic carbocycles. The van der Waals surface area contributed by atoms with Crippen LogP contribution < -0.4 is 10.0 Å². The molecular weight excluding hydrogens is 490 g/mol. The number of anilines is 2. The van der Waals surface area contributed by atoms with Gasteiger partial charge < -0.3 is 5.32 Å². The first-order valence-electron chi connectivity index (χ1n) is 11.2. The monoisotopic (exact) mass is 513 g/mol. The zero-order valence-electron chi connectivity index (χ0n) is 19.8. The lowest BCUT2D eigenvalue weighted by molar-refractivity contribution is -0.384. The smallest absolute Gasteiger partial charge is 0.269 e. The number of aryl methyl sites for hydroxylation is 1. The van der Waals surface area contributed by atoms with E-state index in [0.29, 0.717) is 28.1 Å². The van der Waals surface area contributed by atoms with Crippen LogP contribution in [0.4, 0.5) is 17.1 Å². The molecule has 0 aliphatic carbocycles. The van der Waals surface area contributed by atoms with Gasteiger partial charge in [-0.3, -0.25) is 19.6 Å².